The van der Waals surface area contributed by atoms with Crippen molar-refractivity contribution in [2.24, 2.45) is 0 Å². The Morgan fingerprint density at radius 3 is 2.37 bits per heavy atom. The van der Waals surface area contributed by atoms with Crippen molar-refractivity contribution in [3.05, 3.63) is 35.1 Å². The Hall–Kier alpha value is -1.77. The van der Waals surface area contributed by atoms with Crippen molar-refractivity contribution in [3.8, 4) is 11.3 Å². The number of rotatable bonds is 2. The monoisotopic (exact) mass is 258 g/mol. The van der Waals surface area contributed by atoms with Gasteiger partial charge in [-0.2, -0.15) is 4.98 Å². The highest BCUT2D eigenvalue weighted by molar-refractivity contribution is 5.67. The summed E-state index contributed by atoms with van der Waals surface area (Å²) >= 11 is 0. The normalized spacial score (nSPS) is 11.7. The number of benzene rings is 1. The predicted molar refractivity (Wildman–Crippen MR) is 79.7 cm³/mol. The van der Waals surface area contributed by atoms with Gasteiger partial charge in [-0.15, -0.1) is 0 Å². The summed E-state index contributed by atoms with van der Waals surface area (Å²) in [6, 6.07) is 7.13. The van der Waals surface area contributed by atoms with Crippen molar-refractivity contribution >= 4 is 6.01 Å². The molecular formula is C16H22N2O. The molecule has 0 spiro atoms. The van der Waals surface area contributed by atoms with E-state index in [1.165, 1.54) is 11.1 Å². The maximum absolute atomic E-state index is 5.58. The molecule has 2 rings (SSSR count). The lowest BCUT2D eigenvalue weighted by molar-refractivity contribution is 0.544. The largest absolute Gasteiger partial charge is 0.428 e. The molecule has 0 bridgehead atoms. The van der Waals surface area contributed by atoms with E-state index in [9.17, 15) is 0 Å². The van der Waals surface area contributed by atoms with Gasteiger partial charge in [0.05, 0.1) is 0 Å². The molecule has 0 atom stereocenters. The maximum atomic E-state index is 5.58. The first-order valence-electron chi connectivity index (χ1n) is 6.59. The van der Waals surface area contributed by atoms with E-state index < -0.39 is 0 Å². The van der Waals surface area contributed by atoms with Gasteiger partial charge in [0.25, 0.3) is 6.01 Å². The van der Waals surface area contributed by atoms with Gasteiger partial charge in [0.15, 0.2) is 0 Å². The van der Waals surface area contributed by atoms with E-state index in [4.69, 9.17) is 4.42 Å². The number of hydrogen-bond donors (Lipinski definition) is 1. The van der Waals surface area contributed by atoms with Crippen molar-refractivity contribution in [2.45, 2.75) is 40.0 Å². The van der Waals surface area contributed by atoms with Crippen LogP contribution in [0, 0.1) is 13.8 Å². The standard InChI is InChI=1S/C16H22N2O/c1-10-7-8-12(16(3,4)5)9-13(10)14-11(2)19-15(17-6)18-14/h7-9H,1-6H3,(H,17,18). The Morgan fingerprint density at radius 1 is 1.16 bits per heavy atom. The second kappa shape index (κ2) is 4.72. The third-order valence-corrected chi connectivity index (χ3v) is 3.37. The molecule has 3 nitrogen and oxygen atoms in total. The minimum absolute atomic E-state index is 0.131. The zero-order valence-corrected chi connectivity index (χ0v) is 12.6. The number of nitrogens with zero attached hydrogens (tertiary/aromatic N) is 1. The molecule has 0 saturated carbocycles. The Morgan fingerprint density at radius 2 is 1.84 bits per heavy atom. The molecule has 1 aromatic carbocycles. The summed E-state index contributed by atoms with van der Waals surface area (Å²) in [5, 5.41) is 2.94. The minimum Gasteiger partial charge on any atom is -0.428 e. The van der Waals surface area contributed by atoms with Crippen molar-refractivity contribution in [3.63, 3.8) is 0 Å². The quantitative estimate of drug-likeness (QED) is 0.872. The van der Waals surface area contributed by atoms with Gasteiger partial charge in [-0.25, -0.2) is 0 Å². The SMILES string of the molecule is CNc1nc(-c2cc(C(C)(C)C)ccc2C)c(C)o1. The summed E-state index contributed by atoms with van der Waals surface area (Å²) in [5.41, 5.74) is 4.73. The van der Waals surface area contributed by atoms with E-state index in [1.807, 2.05) is 14.0 Å². The Kier molecular flexibility index (Phi) is 3.40. The van der Waals surface area contributed by atoms with Crippen molar-refractivity contribution < 1.29 is 4.42 Å². The van der Waals surface area contributed by atoms with E-state index in [-0.39, 0.29) is 5.41 Å². The minimum atomic E-state index is 0.131. The topological polar surface area (TPSA) is 38.1 Å². The van der Waals surface area contributed by atoms with Crippen molar-refractivity contribution in [1.29, 1.82) is 0 Å². The number of nitrogens with one attached hydrogen (secondary N) is 1. The van der Waals surface area contributed by atoms with Crippen LogP contribution in [0.4, 0.5) is 6.01 Å². The lowest BCUT2D eigenvalue weighted by Gasteiger charge is -2.20. The summed E-state index contributed by atoms with van der Waals surface area (Å²) < 4.78 is 5.58. The van der Waals surface area contributed by atoms with Crippen LogP contribution in [0.15, 0.2) is 22.6 Å². The van der Waals surface area contributed by atoms with Crippen LogP contribution in [0.1, 0.15) is 37.7 Å². The molecule has 0 unspecified atom stereocenters. The zero-order valence-electron chi connectivity index (χ0n) is 12.6. The van der Waals surface area contributed by atoms with E-state index in [1.54, 1.807) is 0 Å². The fourth-order valence-electron chi connectivity index (χ4n) is 2.10. The number of anilines is 1. The molecule has 1 N–H and O–H groups in total. The summed E-state index contributed by atoms with van der Waals surface area (Å²) in [7, 11) is 1.81. The van der Waals surface area contributed by atoms with Gasteiger partial charge < -0.3 is 9.73 Å². The lowest BCUT2D eigenvalue weighted by Crippen LogP contribution is -2.11. The number of aromatic nitrogens is 1. The van der Waals surface area contributed by atoms with E-state index in [0.29, 0.717) is 6.01 Å². The number of oxazole rings is 1. The molecule has 2 aromatic rings. The average molecular weight is 258 g/mol. The molecular weight excluding hydrogens is 236 g/mol. The molecule has 0 amide bonds. The fourth-order valence-corrected chi connectivity index (χ4v) is 2.10. The van der Waals surface area contributed by atoms with Crippen LogP contribution >= 0.6 is 0 Å². The molecule has 3 heteroatoms. The highest BCUT2D eigenvalue weighted by atomic mass is 16.4. The van der Waals surface area contributed by atoms with Crippen molar-refractivity contribution in [1.82, 2.24) is 4.98 Å². The zero-order chi connectivity index (χ0) is 14.2. The van der Waals surface area contributed by atoms with E-state index >= 15 is 0 Å². The lowest BCUT2D eigenvalue weighted by atomic mass is 9.85. The van der Waals surface area contributed by atoms with Gasteiger partial charge in [0, 0.05) is 12.6 Å². The van der Waals surface area contributed by atoms with Crippen LogP contribution in [0.25, 0.3) is 11.3 Å². The van der Waals surface area contributed by atoms with Crippen molar-refractivity contribution in [2.75, 3.05) is 12.4 Å². The predicted octanol–water partition coefficient (Wildman–Crippen LogP) is 4.30. The first-order valence-corrected chi connectivity index (χ1v) is 6.59. The Labute approximate surface area is 115 Å². The second-order valence-corrected chi connectivity index (χ2v) is 5.95. The first-order chi connectivity index (χ1) is 8.82. The van der Waals surface area contributed by atoms with Crippen LogP contribution in [0.2, 0.25) is 0 Å². The first kappa shape index (κ1) is 13.7. The highest BCUT2D eigenvalue weighted by Gasteiger charge is 2.18. The summed E-state index contributed by atoms with van der Waals surface area (Å²) in [6.45, 7) is 10.7. The molecule has 102 valence electrons. The van der Waals surface area contributed by atoms with Gasteiger partial charge in [0.1, 0.15) is 11.5 Å². The molecule has 0 aliphatic carbocycles. The summed E-state index contributed by atoms with van der Waals surface area (Å²) in [6.07, 6.45) is 0. The fraction of sp³-hybridized carbons (Fsp3) is 0.438. The van der Waals surface area contributed by atoms with Crippen LogP contribution in [-0.4, -0.2) is 12.0 Å². The maximum Gasteiger partial charge on any atom is 0.295 e. The third kappa shape index (κ3) is 2.65. The van der Waals surface area contributed by atoms with Gasteiger partial charge in [-0.05, 0) is 36.5 Å². The average Bonchev–Trinajstić information content (AvgIpc) is 2.69. The number of hydrogen-bond acceptors (Lipinski definition) is 3. The summed E-state index contributed by atoms with van der Waals surface area (Å²) in [4.78, 5) is 4.50. The van der Waals surface area contributed by atoms with Crippen LogP contribution < -0.4 is 5.32 Å². The van der Waals surface area contributed by atoms with Crippen LogP contribution in [0.3, 0.4) is 0 Å². The number of aryl methyl sites for hydroxylation is 2. The van der Waals surface area contributed by atoms with E-state index in [0.717, 1.165) is 17.0 Å². The van der Waals surface area contributed by atoms with Crippen LogP contribution in [-0.2, 0) is 5.41 Å². The molecule has 0 fully saturated rings. The molecule has 1 aromatic heterocycles. The summed E-state index contributed by atoms with van der Waals surface area (Å²) in [5.74, 6) is 0.846. The Bertz CT molecular complexity index is 591. The molecule has 19 heavy (non-hydrogen) atoms. The smallest absolute Gasteiger partial charge is 0.295 e. The molecule has 0 saturated heterocycles. The van der Waals surface area contributed by atoms with Crippen LogP contribution in [0.5, 0.6) is 0 Å². The van der Waals surface area contributed by atoms with Gasteiger partial charge >= 0.3 is 0 Å². The highest BCUT2D eigenvalue weighted by Crippen LogP contribution is 2.32. The van der Waals surface area contributed by atoms with E-state index in [2.05, 4.69) is 56.2 Å². The molecule has 1 heterocycles. The molecule has 0 aliphatic heterocycles. The van der Waals surface area contributed by atoms with Gasteiger partial charge in [-0.3, -0.25) is 0 Å². The molecule has 0 radical (unpaired) electrons. The van der Waals surface area contributed by atoms with Gasteiger partial charge in [0.2, 0.25) is 0 Å². The Balaban J connectivity index is 2.57. The third-order valence-electron chi connectivity index (χ3n) is 3.37. The molecule has 0 aliphatic rings. The second-order valence-electron chi connectivity index (χ2n) is 5.95. The van der Waals surface area contributed by atoms with Gasteiger partial charge in [-0.1, -0.05) is 32.9 Å².